The van der Waals surface area contributed by atoms with E-state index in [9.17, 15) is 10.5 Å². The van der Waals surface area contributed by atoms with E-state index in [1.807, 2.05) is 0 Å². The molecule has 0 spiro atoms. The van der Waals surface area contributed by atoms with E-state index in [1.165, 1.54) is 6.42 Å². The van der Waals surface area contributed by atoms with Crippen molar-refractivity contribution in [3.8, 4) is 12.1 Å². The standard InChI is InChI=1S/C23H36N6/c1-20-15-21(2)19-27(18-20)11-12-29-14-13-28(23(29)22(16-24)17-25)10-6-9-26-7-4-3-5-8-26/h3-4,20-21H,5-15,18-19H2,1-2H3. The van der Waals surface area contributed by atoms with Crippen LogP contribution in [-0.4, -0.2) is 85.0 Å². The molecule has 6 nitrogen and oxygen atoms in total. The first kappa shape index (κ1) is 21.7. The van der Waals surface area contributed by atoms with Gasteiger partial charge < -0.3 is 14.7 Å². The first-order valence-electron chi connectivity index (χ1n) is 11.2. The number of nitriles is 2. The zero-order valence-electron chi connectivity index (χ0n) is 18.2. The Morgan fingerprint density at radius 3 is 2.21 bits per heavy atom. The van der Waals surface area contributed by atoms with Crippen LogP contribution in [0.15, 0.2) is 23.5 Å². The summed E-state index contributed by atoms with van der Waals surface area (Å²) in [5.41, 5.74) is 0.267. The lowest BCUT2D eigenvalue weighted by Crippen LogP contribution is -2.42. The summed E-state index contributed by atoms with van der Waals surface area (Å²) in [7, 11) is 0. The second-order valence-electron chi connectivity index (χ2n) is 9.02. The van der Waals surface area contributed by atoms with Crippen molar-refractivity contribution in [1.29, 1.82) is 10.5 Å². The molecule has 3 heterocycles. The number of hydrogen-bond acceptors (Lipinski definition) is 6. The van der Waals surface area contributed by atoms with Gasteiger partial charge in [-0.3, -0.25) is 4.90 Å². The zero-order chi connectivity index (χ0) is 20.6. The fraction of sp³-hybridized carbons (Fsp3) is 0.739. The van der Waals surface area contributed by atoms with Crippen LogP contribution in [0.4, 0.5) is 0 Å². The van der Waals surface area contributed by atoms with Gasteiger partial charge in [-0.1, -0.05) is 26.0 Å². The Morgan fingerprint density at radius 2 is 1.59 bits per heavy atom. The summed E-state index contributed by atoms with van der Waals surface area (Å²) in [6, 6.07) is 4.30. The van der Waals surface area contributed by atoms with Gasteiger partial charge >= 0.3 is 0 Å². The Kier molecular flexibility index (Phi) is 7.98. The van der Waals surface area contributed by atoms with E-state index < -0.39 is 0 Å². The largest absolute Gasteiger partial charge is 0.355 e. The van der Waals surface area contributed by atoms with Crippen LogP contribution in [0.2, 0.25) is 0 Å². The normalized spacial score (nSPS) is 25.9. The summed E-state index contributed by atoms with van der Waals surface area (Å²) in [4.78, 5) is 9.57. The predicted octanol–water partition coefficient (Wildman–Crippen LogP) is 2.49. The Hall–Kier alpha value is -2.02. The topological polar surface area (TPSA) is 60.5 Å². The van der Waals surface area contributed by atoms with E-state index in [-0.39, 0.29) is 5.57 Å². The maximum atomic E-state index is 9.53. The van der Waals surface area contributed by atoms with Crippen LogP contribution in [0.5, 0.6) is 0 Å². The monoisotopic (exact) mass is 396 g/mol. The van der Waals surface area contributed by atoms with E-state index in [0.717, 1.165) is 95.9 Å². The average Bonchev–Trinajstić information content (AvgIpc) is 3.10. The third kappa shape index (κ3) is 5.98. The molecule has 29 heavy (non-hydrogen) atoms. The summed E-state index contributed by atoms with van der Waals surface area (Å²) in [6.45, 7) is 14.9. The third-order valence-electron chi connectivity index (χ3n) is 6.36. The van der Waals surface area contributed by atoms with Gasteiger partial charge in [0.2, 0.25) is 0 Å². The SMILES string of the molecule is CC1CC(C)CN(CCN2CCN(CCCN3CC=CCC3)C2=C(C#N)C#N)C1. The third-order valence-corrected chi connectivity index (χ3v) is 6.36. The fourth-order valence-corrected chi connectivity index (χ4v) is 5.14. The van der Waals surface area contributed by atoms with Gasteiger partial charge in [-0.15, -0.1) is 0 Å². The molecule has 2 atom stereocenters. The molecule has 3 aliphatic rings. The Bertz CT molecular complexity index is 658. The van der Waals surface area contributed by atoms with Gasteiger partial charge in [0.1, 0.15) is 18.0 Å². The number of rotatable bonds is 7. The van der Waals surface area contributed by atoms with Gasteiger partial charge in [-0.2, -0.15) is 10.5 Å². The van der Waals surface area contributed by atoms with Gasteiger partial charge in [0.05, 0.1) is 0 Å². The number of likely N-dealkylation sites (tertiary alicyclic amines) is 1. The first-order valence-corrected chi connectivity index (χ1v) is 11.2. The number of piperidine rings is 1. The highest BCUT2D eigenvalue weighted by molar-refractivity contribution is 5.40. The van der Waals surface area contributed by atoms with Gasteiger partial charge in [0.15, 0.2) is 5.57 Å². The van der Waals surface area contributed by atoms with E-state index in [1.54, 1.807) is 0 Å². The highest BCUT2D eigenvalue weighted by Gasteiger charge is 2.29. The van der Waals surface area contributed by atoms with Gasteiger partial charge in [-0.25, -0.2) is 0 Å². The highest BCUT2D eigenvalue weighted by Crippen LogP contribution is 2.24. The summed E-state index contributed by atoms with van der Waals surface area (Å²) in [5, 5.41) is 19.1. The first-order chi connectivity index (χ1) is 14.1. The van der Waals surface area contributed by atoms with Crippen molar-refractivity contribution in [3.63, 3.8) is 0 Å². The van der Waals surface area contributed by atoms with Crippen molar-refractivity contribution < 1.29 is 0 Å². The Labute approximate surface area is 176 Å². The summed E-state index contributed by atoms with van der Waals surface area (Å²) >= 11 is 0. The van der Waals surface area contributed by atoms with Crippen LogP contribution in [0.25, 0.3) is 0 Å². The quantitative estimate of drug-likeness (QED) is 0.487. The van der Waals surface area contributed by atoms with Crippen LogP contribution >= 0.6 is 0 Å². The molecule has 0 bridgehead atoms. The number of allylic oxidation sites excluding steroid dienone is 1. The van der Waals surface area contributed by atoms with Gasteiger partial charge in [-0.05, 0) is 31.1 Å². The van der Waals surface area contributed by atoms with Crippen molar-refractivity contribution in [2.75, 3.05) is 65.4 Å². The van der Waals surface area contributed by atoms with Crippen LogP contribution in [0, 0.1) is 34.5 Å². The molecule has 0 radical (unpaired) electrons. The second-order valence-corrected chi connectivity index (χ2v) is 9.02. The molecule has 0 saturated carbocycles. The minimum atomic E-state index is 0.267. The van der Waals surface area contributed by atoms with Crippen molar-refractivity contribution in [2.24, 2.45) is 11.8 Å². The lowest BCUT2D eigenvalue weighted by molar-refractivity contribution is 0.130. The van der Waals surface area contributed by atoms with E-state index in [2.05, 4.69) is 57.7 Å². The Balaban J connectivity index is 1.56. The predicted molar refractivity (Wildman–Crippen MR) is 116 cm³/mol. The fourth-order valence-electron chi connectivity index (χ4n) is 5.14. The molecule has 2 unspecified atom stereocenters. The molecule has 2 fully saturated rings. The molecule has 0 aromatic carbocycles. The lowest BCUT2D eigenvalue weighted by atomic mass is 9.92. The zero-order valence-corrected chi connectivity index (χ0v) is 18.2. The molecule has 3 rings (SSSR count). The second kappa shape index (κ2) is 10.7. The molecular weight excluding hydrogens is 360 g/mol. The van der Waals surface area contributed by atoms with Gasteiger partial charge in [0, 0.05) is 65.4 Å². The van der Waals surface area contributed by atoms with Crippen molar-refractivity contribution in [2.45, 2.75) is 33.1 Å². The summed E-state index contributed by atoms with van der Waals surface area (Å²) in [5.74, 6) is 2.37. The van der Waals surface area contributed by atoms with E-state index in [0.29, 0.717) is 0 Å². The maximum Gasteiger partial charge on any atom is 0.169 e. The molecule has 0 aromatic rings. The van der Waals surface area contributed by atoms with Crippen molar-refractivity contribution in [1.82, 2.24) is 19.6 Å². The molecule has 158 valence electrons. The Morgan fingerprint density at radius 1 is 0.897 bits per heavy atom. The molecule has 6 heteroatoms. The maximum absolute atomic E-state index is 9.53. The highest BCUT2D eigenvalue weighted by atomic mass is 15.4. The van der Waals surface area contributed by atoms with Crippen molar-refractivity contribution >= 4 is 0 Å². The summed E-state index contributed by atoms with van der Waals surface area (Å²) in [6.07, 6.45) is 8.03. The van der Waals surface area contributed by atoms with Gasteiger partial charge in [0.25, 0.3) is 0 Å². The minimum Gasteiger partial charge on any atom is -0.355 e. The molecular formula is C23H36N6. The number of hydrogen-bond donors (Lipinski definition) is 0. The molecule has 0 aliphatic carbocycles. The van der Waals surface area contributed by atoms with Crippen LogP contribution in [-0.2, 0) is 0 Å². The van der Waals surface area contributed by atoms with Crippen LogP contribution in [0.3, 0.4) is 0 Å². The van der Waals surface area contributed by atoms with Crippen LogP contribution < -0.4 is 0 Å². The molecule has 3 aliphatic heterocycles. The molecule has 0 aromatic heterocycles. The van der Waals surface area contributed by atoms with E-state index in [4.69, 9.17) is 0 Å². The molecule has 0 N–H and O–H groups in total. The smallest absolute Gasteiger partial charge is 0.169 e. The van der Waals surface area contributed by atoms with E-state index >= 15 is 0 Å². The van der Waals surface area contributed by atoms with Crippen LogP contribution in [0.1, 0.15) is 33.1 Å². The number of nitrogens with zero attached hydrogens (tertiary/aromatic N) is 6. The minimum absolute atomic E-state index is 0.267. The average molecular weight is 397 g/mol. The van der Waals surface area contributed by atoms with Crippen molar-refractivity contribution in [3.05, 3.63) is 23.5 Å². The molecule has 2 saturated heterocycles. The summed E-state index contributed by atoms with van der Waals surface area (Å²) < 4.78 is 0. The molecule has 0 amide bonds. The lowest BCUT2D eigenvalue weighted by Gasteiger charge is -2.36.